The molecule has 0 unspecified atom stereocenters. The zero-order valence-corrected chi connectivity index (χ0v) is 24.0. The highest BCUT2D eigenvalue weighted by Crippen LogP contribution is 2.43. The third-order valence-corrected chi connectivity index (χ3v) is 8.73. The summed E-state index contributed by atoms with van der Waals surface area (Å²) in [5.74, 6) is 0.863. The highest BCUT2D eigenvalue weighted by Gasteiger charge is 2.32. The largest absolute Gasteiger partial charge is 0.598 e. The van der Waals surface area contributed by atoms with Gasteiger partial charge in [-0.3, -0.25) is 4.90 Å². The molecular weight excluding hydrogens is 564 g/mol. The van der Waals surface area contributed by atoms with E-state index in [4.69, 9.17) is 20.8 Å². The molecule has 1 N–H and O–H groups in total. The fraction of sp³-hybridized carbons (Fsp3) is 0.500. The summed E-state index contributed by atoms with van der Waals surface area (Å²) >= 11 is 10.0. The van der Waals surface area contributed by atoms with Crippen LogP contribution < -0.4 is 9.62 Å². The minimum atomic E-state index is -1.28. The van der Waals surface area contributed by atoms with Gasteiger partial charge in [0.15, 0.2) is 5.82 Å². The van der Waals surface area contributed by atoms with Crippen LogP contribution in [0.4, 0.5) is 10.6 Å². The Morgan fingerprint density at radius 1 is 1.35 bits per heavy atom. The summed E-state index contributed by atoms with van der Waals surface area (Å²) in [5, 5.41) is -0.0144. The second-order valence-electron chi connectivity index (χ2n) is 9.64. The summed E-state index contributed by atoms with van der Waals surface area (Å²) in [6, 6.07) is 3.24. The number of ether oxygens (including phenoxy) is 1. The quantitative estimate of drug-likeness (QED) is 0.250. The maximum Gasteiger partial charge on any atom is 0.416 e. The van der Waals surface area contributed by atoms with E-state index in [1.807, 2.05) is 27.7 Å². The maximum atomic E-state index is 13.2. The smallest absolute Gasteiger partial charge is 0.416 e. The molecule has 0 radical (unpaired) electrons. The van der Waals surface area contributed by atoms with Crippen molar-refractivity contribution in [3.63, 3.8) is 0 Å². The monoisotopic (exact) mass is 590 g/mol. The molecule has 0 fully saturated rings. The van der Waals surface area contributed by atoms with E-state index in [2.05, 4.69) is 30.6 Å². The van der Waals surface area contributed by atoms with Crippen LogP contribution in [0.15, 0.2) is 27.3 Å². The first-order chi connectivity index (χ1) is 15.7. The van der Waals surface area contributed by atoms with Crippen LogP contribution >= 0.6 is 38.9 Å². The number of halogens is 2. The molecule has 3 aromatic heterocycles. The van der Waals surface area contributed by atoms with Gasteiger partial charge in [0.1, 0.15) is 21.6 Å². The molecule has 0 aliphatic rings. The second kappa shape index (κ2) is 10.3. The van der Waals surface area contributed by atoms with Crippen LogP contribution in [0, 0.1) is 0 Å². The van der Waals surface area contributed by atoms with Gasteiger partial charge in [-0.15, -0.1) is 16.1 Å². The van der Waals surface area contributed by atoms with Gasteiger partial charge in [0.2, 0.25) is 5.28 Å². The van der Waals surface area contributed by atoms with E-state index in [1.54, 1.807) is 32.9 Å². The van der Waals surface area contributed by atoms with Crippen LogP contribution in [0.25, 0.3) is 10.2 Å². The molecule has 8 nitrogen and oxygen atoms in total. The molecule has 3 rings (SSSR count). The topological polar surface area (TPSA) is 104 Å². The molecule has 0 spiro atoms. The predicted octanol–water partition coefficient (Wildman–Crippen LogP) is 6.75. The lowest BCUT2D eigenvalue weighted by molar-refractivity contribution is 0.0574. The SMILES string of the molecule is C[C@H](N[S@+]([O-])C(C)(C)C)c1sc2c(N(Cc3ccco3)C(=O)OC(C)(C)C)nc(Cl)nc2c1Br. The van der Waals surface area contributed by atoms with Gasteiger partial charge in [-0.25, -0.2) is 9.78 Å². The predicted molar refractivity (Wildman–Crippen MR) is 141 cm³/mol. The molecule has 0 saturated heterocycles. The molecule has 0 aliphatic heterocycles. The molecule has 3 heterocycles. The van der Waals surface area contributed by atoms with Crippen molar-refractivity contribution in [1.82, 2.24) is 14.7 Å². The fourth-order valence-corrected chi connectivity index (χ4v) is 6.05. The standard InChI is InChI=1S/C22H28BrClN4O4S2/c1-12(27-34(30)22(5,6)7)16-14(23)15-17(33-16)18(26-19(24)25-15)28(11-13-9-8-10-31-13)20(29)32-21(2,3)4/h8-10,12,27H,11H2,1-7H3/t12-,34+/m0/s1. The van der Waals surface area contributed by atoms with Crippen molar-refractivity contribution in [3.05, 3.63) is 38.8 Å². The third-order valence-electron chi connectivity index (χ3n) is 4.45. The zero-order chi connectivity index (χ0) is 25.4. The number of thiophene rings is 1. The summed E-state index contributed by atoms with van der Waals surface area (Å²) in [4.78, 5) is 24.2. The number of hydrogen-bond donors (Lipinski definition) is 1. The Kier molecular flexibility index (Phi) is 8.26. The first kappa shape index (κ1) is 27.2. The van der Waals surface area contributed by atoms with Gasteiger partial charge in [0, 0.05) is 16.2 Å². The number of aromatic nitrogens is 2. The number of rotatable bonds is 6. The molecule has 1 amide bonds. The van der Waals surface area contributed by atoms with Crippen LogP contribution in [0.5, 0.6) is 0 Å². The number of carbonyl (C=O) groups is 1. The minimum Gasteiger partial charge on any atom is -0.598 e. The molecule has 0 aliphatic carbocycles. The van der Waals surface area contributed by atoms with Gasteiger partial charge in [-0.2, -0.15) is 4.98 Å². The van der Waals surface area contributed by atoms with E-state index in [0.717, 1.165) is 4.88 Å². The molecule has 34 heavy (non-hydrogen) atoms. The van der Waals surface area contributed by atoms with Crippen molar-refractivity contribution in [2.24, 2.45) is 0 Å². The lowest BCUT2D eigenvalue weighted by Crippen LogP contribution is -2.40. The highest BCUT2D eigenvalue weighted by molar-refractivity contribution is 9.10. The average Bonchev–Trinajstić information content (AvgIpc) is 3.32. The summed E-state index contributed by atoms with van der Waals surface area (Å²) in [6.07, 6.45) is 0.944. The molecular formula is C22H28BrClN4O4S2. The number of furan rings is 1. The molecule has 186 valence electrons. The number of fused-ring (bicyclic) bond motifs is 1. The number of anilines is 1. The normalized spacial score (nSPS) is 14.3. The van der Waals surface area contributed by atoms with Crippen molar-refractivity contribution in [1.29, 1.82) is 0 Å². The van der Waals surface area contributed by atoms with Crippen molar-refractivity contribution < 1.29 is 18.5 Å². The number of amides is 1. The fourth-order valence-electron chi connectivity index (χ4n) is 2.88. The van der Waals surface area contributed by atoms with Gasteiger partial charge >= 0.3 is 6.09 Å². The lowest BCUT2D eigenvalue weighted by atomic mass is 10.2. The Morgan fingerprint density at radius 2 is 2.03 bits per heavy atom. The van der Waals surface area contributed by atoms with Crippen molar-refractivity contribution in [2.75, 3.05) is 4.90 Å². The van der Waals surface area contributed by atoms with E-state index in [-0.39, 0.29) is 17.9 Å². The molecule has 0 saturated carbocycles. The van der Waals surface area contributed by atoms with Gasteiger partial charge in [0.05, 0.1) is 28.0 Å². The van der Waals surface area contributed by atoms with E-state index in [1.165, 1.54) is 22.5 Å². The van der Waals surface area contributed by atoms with E-state index in [9.17, 15) is 9.35 Å². The van der Waals surface area contributed by atoms with E-state index >= 15 is 0 Å². The average molecular weight is 592 g/mol. The van der Waals surface area contributed by atoms with Gasteiger partial charge in [-0.1, -0.05) is 0 Å². The number of carbonyl (C=O) groups excluding carboxylic acids is 1. The van der Waals surface area contributed by atoms with Crippen LogP contribution in [0.2, 0.25) is 5.28 Å². The third kappa shape index (κ3) is 6.44. The van der Waals surface area contributed by atoms with Crippen molar-refractivity contribution in [3.8, 4) is 0 Å². The Labute approximate surface area is 219 Å². The van der Waals surface area contributed by atoms with Gasteiger partial charge in [0.25, 0.3) is 0 Å². The molecule has 12 heteroatoms. The first-order valence-electron chi connectivity index (χ1n) is 10.5. The zero-order valence-electron chi connectivity index (χ0n) is 20.1. The van der Waals surface area contributed by atoms with E-state index < -0.39 is 27.8 Å². The lowest BCUT2D eigenvalue weighted by Gasteiger charge is -2.26. The van der Waals surface area contributed by atoms with E-state index in [0.29, 0.717) is 26.3 Å². The molecule has 0 bridgehead atoms. The second-order valence-corrected chi connectivity index (χ2v) is 13.8. The van der Waals surface area contributed by atoms with Crippen LogP contribution in [0.1, 0.15) is 65.1 Å². The Morgan fingerprint density at radius 3 is 2.59 bits per heavy atom. The van der Waals surface area contributed by atoms with Gasteiger partial charge in [-0.05, 0) is 88.1 Å². The molecule has 3 aromatic rings. The van der Waals surface area contributed by atoms with Crippen LogP contribution in [-0.4, -0.2) is 31.0 Å². The molecule has 0 aromatic carbocycles. The highest BCUT2D eigenvalue weighted by atomic mass is 79.9. The first-order valence-corrected chi connectivity index (χ1v) is 13.7. The number of nitrogens with zero attached hydrogens (tertiary/aromatic N) is 3. The summed E-state index contributed by atoms with van der Waals surface area (Å²) in [5.41, 5.74) is -0.163. The summed E-state index contributed by atoms with van der Waals surface area (Å²) in [7, 11) is 0. The minimum absolute atomic E-state index is 0.0144. The Balaban J connectivity index is 2.10. The number of hydrogen-bond acceptors (Lipinski definition) is 8. The van der Waals surface area contributed by atoms with Crippen molar-refractivity contribution >= 4 is 72.4 Å². The van der Waals surface area contributed by atoms with Crippen LogP contribution in [-0.2, 0) is 22.6 Å². The summed E-state index contributed by atoms with van der Waals surface area (Å²) < 4.78 is 27.8. The van der Waals surface area contributed by atoms with Crippen LogP contribution in [0.3, 0.4) is 0 Å². The Bertz CT molecular complexity index is 1160. The van der Waals surface area contributed by atoms with Crippen molar-refractivity contribution in [2.45, 2.75) is 71.4 Å². The Hall–Kier alpha value is -1.37. The molecule has 2 atom stereocenters. The summed E-state index contributed by atoms with van der Waals surface area (Å²) in [6.45, 7) is 13.1. The number of nitrogens with one attached hydrogen (secondary N) is 1. The van der Waals surface area contributed by atoms with Gasteiger partial charge < -0.3 is 13.7 Å². The maximum absolute atomic E-state index is 13.2.